The van der Waals surface area contributed by atoms with E-state index >= 15 is 0 Å². The maximum atomic E-state index is 11.3. The van der Waals surface area contributed by atoms with Crippen molar-refractivity contribution in [2.24, 2.45) is 5.92 Å². The van der Waals surface area contributed by atoms with Gasteiger partial charge in [-0.1, -0.05) is 13.8 Å². The summed E-state index contributed by atoms with van der Waals surface area (Å²) in [5.74, 6) is 0.868. The largest absolute Gasteiger partial charge is 0.353 e. The number of hydrogen-bond donors (Lipinski definition) is 2. The Hall–Kier alpha value is -0.570. The SMILES string of the molecule is CCC(=O)N[C@H](CC)C1CCNCC1. The lowest BCUT2D eigenvalue weighted by Gasteiger charge is -2.30. The molecule has 0 aromatic carbocycles. The molecule has 0 bridgehead atoms. The van der Waals surface area contributed by atoms with Gasteiger partial charge >= 0.3 is 0 Å². The van der Waals surface area contributed by atoms with Crippen molar-refractivity contribution < 1.29 is 4.79 Å². The molecule has 0 saturated carbocycles. The van der Waals surface area contributed by atoms with Crippen LogP contribution in [0.25, 0.3) is 0 Å². The van der Waals surface area contributed by atoms with Crippen molar-refractivity contribution in [3.05, 3.63) is 0 Å². The monoisotopic (exact) mass is 198 g/mol. The molecule has 1 fully saturated rings. The van der Waals surface area contributed by atoms with Crippen LogP contribution in [0.2, 0.25) is 0 Å². The lowest BCUT2D eigenvalue weighted by molar-refractivity contribution is -0.121. The van der Waals surface area contributed by atoms with Gasteiger partial charge in [0.05, 0.1) is 0 Å². The quantitative estimate of drug-likeness (QED) is 0.714. The molecule has 82 valence electrons. The Bertz CT molecular complexity index is 176. The molecule has 0 spiro atoms. The van der Waals surface area contributed by atoms with E-state index < -0.39 is 0 Å². The molecule has 1 rings (SSSR count). The van der Waals surface area contributed by atoms with Crippen molar-refractivity contribution in [3.63, 3.8) is 0 Å². The third kappa shape index (κ3) is 3.29. The molecule has 0 aromatic rings. The van der Waals surface area contributed by atoms with Gasteiger partial charge in [-0.25, -0.2) is 0 Å². The second-order valence-electron chi connectivity index (χ2n) is 4.02. The second-order valence-corrected chi connectivity index (χ2v) is 4.02. The van der Waals surface area contributed by atoms with Gasteiger partial charge in [-0.3, -0.25) is 4.79 Å². The number of piperidine rings is 1. The maximum Gasteiger partial charge on any atom is 0.219 e. The van der Waals surface area contributed by atoms with Gasteiger partial charge in [0.25, 0.3) is 0 Å². The van der Waals surface area contributed by atoms with Gasteiger partial charge in [-0.05, 0) is 38.3 Å². The molecule has 1 aliphatic heterocycles. The van der Waals surface area contributed by atoms with Crippen LogP contribution in [0.4, 0.5) is 0 Å². The Morgan fingerprint density at radius 3 is 2.57 bits per heavy atom. The minimum absolute atomic E-state index is 0.190. The minimum Gasteiger partial charge on any atom is -0.353 e. The number of hydrogen-bond acceptors (Lipinski definition) is 2. The molecular weight excluding hydrogens is 176 g/mol. The topological polar surface area (TPSA) is 41.1 Å². The van der Waals surface area contributed by atoms with Crippen molar-refractivity contribution in [2.75, 3.05) is 13.1 Å². The zero-order valence-electron chi connectivity index (χ0n) is 9.31. The number of carbonyl (C=O) groups excluding carboxylic acids is 1. The Balaban J connectivity index is 2.39. The van der Waals surface area contributed by atoms with Crippen LogP contribution in [0, 0.1) is 5.92 Å². The maximum absolute atomic E-state index is 11.3. The highest BCUT2D eigenvalue weighted by atomic mass is 16.1. The molecule has 1 aliphatic rings. The third-order valence-electron chi connectivity index (χ3n) is 3.06. The number of rotatable bonds is 4. The summed E-state index contributed by atoms with van der Waals surface area (Å²) in [7, 11) is 0. The van der Waals surface area contributed by atoms with Crippen molar-refractivity contribution >= 4 is 5.91 Å². The van der Waals surface area contributed by atoms with Crippen molar-refractivity contribution in [1.29, 1.82) is 0 Å². The Morgan fingerprint density at radius 1 is 1.43 bits per heavy atom. The van der Waals surface area contributed by atoms with Crippen LogP contribution >= 0.6 is 0 Å². The van der Waals surface area contributed by atoms with Crippen molar-refractivity contribution in [3.8, 4) is 0 Å². The van der Waals surface area contributed by atoms with Crippen LogP contribution < -0.4 is 10.6 Å². The molecule has 1 saturated heterocycles. The minimum atomic E-state index is 0.190. The molecule has 0 aromatic heterocycles. The average molecular weight is 198 g/mol. The lowest BCUT2D eigenvalue weighted by Crippen LogP contribution is -2.43. The van der Waals surface area contributed by atoms with Gasteiger partial charge in [0, 0.05) is 12.5 Å². The number of nitrogens with one attached hydrogen (secondary N) is 2. The van der Waals surface area contributed by atoms with Crippen LogP contribution in [-0.4, -0.2) is 25.0 Å². The van der Waals surface area contributed by atoms with Crippen LogP contribution in [0.15, 0.2) is 0 Å². The van der Waals surface area contributed by atoms with Gasteiger partial charge in [0.1, 0.15) is 0 Å². The number of amides is 1. The Labute approximate surface area is 86.6 Å². The molecule has 1 heterocycles. The molecule has 14 heavy (non-hydrogen) atoms. The number of carbonyl (C=O) groups is 1. The Morgan fingerprint density at radius 2 is 2.07 bits per heavy atom. The molecule has 0 aliphatic carbocycles. The fourth-order valence-electron chi connectivity index (χ4n) is 2.11. The zero-order valence-corrected chi connectivity index (χ0v) is 9.31. The first-order chi connectivity index (χ1) is 6.77. The molecule has 3 heteroatoms. The van der Waals surface area contributed by atoms with E-state index in [-0.39, 0.29) is 5.91 Å². The standard InChI is InChI=1S/C11H22N2O/c1-3-10(13-11(14)4-2)9-5-7-12-8-6-9/h9-10,12H,3-8H2,1-2H3,(H,13,14)/t10-/m1/s1. The van der Waals surface area contributed by atoms with Crippen molar-refractivity contribution in [1.82, 2.24) is 10.6 Å². The van der Waals surface area contributed by atoms with E-state index in [1.165, 1.54) is 12.8 Å². The summed E-state index contributed by atoms with van der Waals surface area (Å²) in [6, 6.07) is 0.393. The first-order valence-electron chi connectivity index (χ1n) is 5.78. The van der Waals surface area contributed by atoms with Gasteiger partial charge in [0.2, 0.25) is 5.91 Å². The second kappa shape index (κ2) is 6.02. The van der Waals surface area contributed by atoms with E-state index in [2.05, 4.69) is 17.6 Å². The normalized spacial score (nSPS) is 20.4. The predicted molar refractivity (Wildman–Crippen MR) is 58.1 cm³/mol. The highest BCUT2D eigenvalue weighted by Gasteiger charge is 2.22. The van der Waals surface area contributed by atoms with E-state index in [0.717, 1.165) is 19.5 Å². The summed E-state index contributed by atoms with van der Waals surface area (Å²) in [5.41, 5.74) is 0. The van der Waals surface area contributed by atoms with Gasteiger partial charge in [-0.2, -0.15) is 0 Å². The summed E-state index contributed by atoms with van der Waals surface area (Å²) in [6.45, 7) is 6.26. The van der Waals surface area contributed by atoms with Crippen molar-refractivity contribution in [2.45, 2.75) is 45.6 Å². The summed E-state index contributed by atoms with van der Waals surface area (Å²) in [4.78, 5) is 11.3. The van der Waals surface area contributed by atoms with E-state index in [1.807, 2.05) is 6.92 Å². The van der Waals surface area contributed by atoms with Gasteiger partial charge in [-0.15, -0.1) is 0 Å². The van der Waals surface area contributed by atoms with E-state index in [0.29, 0.717) is 18.4 Å². The molecule has 0 radical (unpaired) electrons. The summed E-state index contributed by atoms with van der Waals surface area (Å²) < 4.78 is 0. The molecule has 2 N–H and O–H groups in total. The van der Waals surface area contributed by atoms with Crippen LogP contribution in [-0.2, 0) is 4.79 Å². The predicted octanol–water partition coefficient (Wildman–Crippen LogP) is 1.29. The molecule has 1 atom stereocenters. The molecule has 3 nitrogen and oxygen atoms in total. The summed E-state index contributed by atoms with van der Waals surface area (Å²) in [6.07, 6.45) is 4.04. The fraction of sp³-hybridized carbons (Fsp3) is 0.909. The smallest absolute Gasteiger partial charge is 0.219 e. The molecule has 1 amide bonds. The van der Waals surface area contributed by atoms with E-state index in [1.54, 1.807) is 0 Å². The van der Waals surface area contributed by atoms with Crippen LogP contribution in [0.5, 0.6) is 0 Å². The zero-order chi connectivity index (χ0) is 10.4. The van der Waals surface area contributed by atoms with Crippen LogP contribution in [0.1, 0.15) is 39.5 Å². The lowest BCUT2D eigenvalue weighted by atomic mass is 9.88. The average Bonchev–Trinajstić information content (AvgIpc) is 2.26. The van der Waals surface area contributed by atoms with Crippen LogP contribution in [0.3, 0.4) is 0 Å². The summed E-state index contributed by atoms with van der Waals surface area (Å²) >= 11 is 0. The first kappa shape index (κ1) is 11.5. The fourth-order valence-corrected chi connectivity index (χ4v) is 2.11. The highest BCUT2D eigenvalue weighted by molar-refractivity contribution is 5.75. The van der Waals surface area contributed by atoms with Gasteiger partial charge in [0.15, 0.2) is 0 Å². The van der Waals surface area contributed by atoms with Gasteiger partial charge < -0.3 is 10.6 Å². The van der Waals surface area contributed by atoms with E-state index in [4.69, 9.17) is 0 Å². The third-order valence-corrected chi connectivity index (χ3v) is 3.06. The molecular formula is C11H22N2O. The summed E-state index contributed by atoms with van der Waals surface area (Å²) in [5, 5.41) is 6.47. The van der Waals surface area contributed by atoms with E-state index in [9.17, 15) is 4.79 Å². The highest BCUT2D eigenvalue weighted by Crippen LogP contribution is 2.18. The first-order valence-corrected chi connectivity index (χ1v) is 5.78. The Kier molecular flexibility index (Phi) is 4.94. The molecule has 0 unspecified atom stereocenters.